The summed E-state index contributed by atoms with van der Waals surface area (Å²) in [6, 6.07) is 7.92. The number of carbonyl (C=O) groups is 3. The fourth-order valence-electron chi connectivity index (χ4n) is 2.52. The van der Waals surface area contributed by atoms with E-state index in [4.69, 9.17) is 23.2 Å². The van der Waals surface area contributed by atoms with Crippen molar-refractivity contribution in [3.8, 4) is 0 Å². The Morgan fingerprint density at radius 2 is 1.80 bits per heavy atom. The smallest absolute Gasteiger partial charge is 0.282 e. The highest BCUT2D eigenvalue weighted by molar-refractivity contribution is 6.42. The average Bonchev–Trinajstić information content (AvgIpc) is 2.82. The molecule has 2 aromatic rings. The molecule has 0 bridgehead atoms. The Labute approximate surface area is 150 Å². The fraction of sp³-hybridized carbons (Fsp3) is 0.0625. The highest BCUT2D eigenvalue weighted by atomic mass is 35.5. The molecule has 25 heavy (non-hydrogen) atoms. The summed E-state index contributed by atoms with van der Waals surface area (Å²) >= 11 is 11.6. The number of amides is 2. The monoisotopic (exact) mass is 378 g/mol. The van der Waals surface area contributed by atoms with Gasteiger partial charge in [-0.2, -0.15) is 0 Å². The van der Waals surface area contributed by atoms with Crippen molar-refractivity contribution in [2.45, 2.75) is 0 Å². The molecular weight excluding hydrogens is 371 g/mol. The van der Waals surface area contributed by atoms with E-state index >= 15 is 0 Å². The highest BCUT2D eigenvalue weighted by Crippen LogP contribution is 2.31. The van der Waals surface area contributed by atoms with Gasteiger partial charge in [-0.05, 0) is 24.3 Å². The Morgan fingerprint density at radius 3 is 2.44 bits per heavy atom. The van der Waals surface area contributed by atoms with Gasteiger partial charge in [0.2, 0.25) is 0 Å². The molecule has 2 aromatic carbocycles. The van der Waals surface area contributed by atoms with E-state index in [1.807, 2.05) is 0 Å². The van der Waals surface area contributed by atoms with E-state index in [9.17, 15) is 24.5 Å². The predicted molar refractivity (Wildman–Crippen MR) is 89.3 cm³/mol. The van der Waals surface area contributed by atoms with Crippen LogP contribution in [0.1, 0.15) is 31.1 Å². The Balaban J connectivity index is 1.92. The number of Topliss-reactive ketones (excluding diaryl/α,β-unsaturated/α-hetero) is 1. The van der Waals surface area contributed by atoms with Crippen molar-refractivity contribution in [2.24, 2.45) is 0 Å². The molecule has 126 valence electrons. The summed E-state index contributed by atoms with van der Waals surface area (Å²) in [6.45, 7) is -0.554. The van der Waals surface area contributed by atoms with Crippen LogP contribution in [-0.2, 0) is 0 Å². The van der Waals surface area contributed by atoms with Crippen LogP contribution < -0.4 is 0 Å². The van der Waals surface area contributed by atoms with Crippen LogP contribution in [0.25, 0.3) is 0 Å². The second-order valence-electron chi connectivity index (χ2n) is 5.21. The lowest BCUT2D eigenvalue weighted by atomic mass is 10.1. The molecule has 3 rings (SSSR count). The maximum absolute atomic E-state index is 12.4. The van der Waals surface area contributed by atoms with Gasteiger partial charge in [0, 0.05) is 11.6 Å². The minimum Gasteiger partial charge on any atom is -0.292 e. The molecule has 0 spiro atoms. The van der Waals surface area contributed by atoms with Crippen molar-refractivity contribution >= 4 is 46.5 Å². The molecule has 0 unspecified atom stereocenters. The van der Waals surface area contributed by atoms with Crippen molar-refractivity contribution < 1.29 is 19.3 Å². The van der Waals surface area contributed by atoms with E-state index < -0.39 is 34.8 Å². The van der Waals surface area contributed by atoms with E-state index in [2.05, 4.69) is 0 Å². The number of benzene rings is 2. The molecule has 0 saturated heterocycles. The van der Waals surface area contributed by atoms with Crippen molar-refractivity contribution in [2.75, 3.05) is 6.54 Å². The number of ketones is 1. The first-order valence-corrected chi connectivity index (χ1v) is 7.68. The Hall–Kier alpha value is -2.77. The molecule has 0 aliphatic carbocycles. The number of nitro groups is 1. The summed E-state index contributed by atoms with van der Waals surface area (Å²) in [4.78, 5) is 48.1. The third-order valence-corrected chi connectivity index (χ3v) is 4.46. The van der Waals surface area contributed by atoms with E-state index in [1.54, 1.807) is 0 Å². The summed E-state index contributed by atoms with van der Waals surface area (Å²) in [5.41, 5.74) is -0.707. The molecule has 1 aliphatic heterocycles. The fourth-order valence-corrected chi connectivity index (χ4v) is 2.81. The van der Waals surface area contributed by atoms with Crippen LogP contribution in [0.2, 0.25) is 10.0 Å². The third kappa shape index (κ3) is 2.88. The quantitative estimate of drug-likeness (QED) is 0.351. The maximum atomic E-state index is 12.4. The maximum Gasteiger partial charge on any atom is 0.282 e. The third-order valence-electron chi connectivity index (χ3n) is 3.72. The largest absolute Gasteiger partial charge is 0.292 e. The van der Waals surface area contributed by atoms with Crippen LogP contribution in [-0.4, -0.2) is 34.0 Å². The Morgan fingerprint density at radius 1 is 1.08 bits per heavy atom. The van der Waals surface area contributed by atoms with E-state index in [0.717, 1.165) is 6.07 Å². The molecule has 7 nitrogen and oxygen atoms in total. The Kier molecular flexibility index (Phi) is 4.28. The zero-order valence-electron chi connectivity index (χ0n) is 12.4. The zero-order valence-corrected chi connectivity index (χ0v) is 13.9. The number of hydrogen-bond acceptors (Lipinski definition) is 5. The number of carbonyl (C=O) groups excluding carboxylic acids is 3. The first kappa shape index (κ1) is 17.1. The Bertz CT molecular complexity index is 958. The van der Waals surface area contributed by atoms with Gasteiger partial charge in [-0.3, -0.25) is 29.4 Å². The topological polar surface area (TPSA) is 97.6 Å². The van der Waals surface area contributed by atoms with Gasteiger partial charge < -0.3 is 0 Å². The van der Waals surface area contributed by atoms with Crippen molar-refractivity contribution in [1.82, 2.24) is 4.90 Å². The van der Waals surface area contributed by atoms with Crippen LogP contribution >= 0.6 is 23.2 Å². The summed E-state index contributed by atoms with van der Waals surface area (Å²) in [6.07, 6.45) is 0. The van der Waals surface area contributed by atoms with Crippen LogP contribution in [0.15, 0.2) is 36.4 Å². The molecule has 2 amide bonds. The number of halogens is 2. The van der Waals surface area contributed by atoms with Gasteiger partial charge >= 0.3 is 0 Å². The van der Waals surface area contributed by atoms with Gasteiger partial charge in [-0.25, -0.2) is 0 Å². The molecule has 1 aliphatic rings. The van der Waals surface area contributed by atoms with Crippen molar-refractivity contribution in [1.29, 1.82) is 0 Å². The first-order chi connectivity index (χ1) is 11.8. The number of fused-ring (bicyclic) bond motifs is 1. The lowest BCUT2D eigenvalue weighted by Gasteiger charge is -2.12. The molecule has 0 aromatic heterocycles. The van der Waals surface area contributed by atoms with Gasteiger partial charge in [0.1, 0.15) is 5.56 Å². The molecule has 0 atom stereocenters. The number of nitrogens with zero attached hydrogens (tertiary/aromatic N) is 2. The normalized spacial score (nSPS) is 13.1. The van der Waals surface area contributed by atoms with E-state index in [-0.39, 0.29) is 26.7 Å². The molecule has 0 fully saturated rings. The molecule has 0 N–H and O–H groups in total. The molecular formula is C16H8Cl2N2O5. The minimum atomic E-state index is -0.874. The van der Waals surface area contributed by atoms with Crippen LogP contribution in [0, 0.1) is 10.1 Å². The minimum absolute atomic E-state index is 0.0962. The van der Waals surface area contributed by atoms with Gasteiger partial charge in [0.05, 0.1) is 27.1 Å². The summed E-state index contributed by atoms with van der Waals surface area (Å²) < 4.78 is 0. The first-order valence-electron chi connectivity index (χ1n) is 6.93. The summed E-state index contributed by atoms with van der Waals surface area (Å²) in [7, 11) is 0. The van der Waals surface area contributed by atoms with Crippen LogP contribution in [0.5, 0.6) is 0 Å². The van der Waals surface area contributed by atoms with E-state index in [1.165, 1.54) is 30.3 Å². The number of nitro benzene ring substituents is 1. The standard InChI is InChI=1S/C16H8Cl2N2O5/c17-10-5-4-8(6-11(10)18)13(21)7-19-15(22)9-2-1-3-12(20(24)25)14(9)16(19)23/h1-6H,7H2. The zero-order chi connectivity index (χ0) is 18.3. The van der Waals surface area contributed by atoms with Crippen molar-refractivity contribution in [3.63, 3.8) is 0 Å². The van der Waals surface area contributed by atoms with Crippen molar-refractivity contribution in [3.05, 3.63) is 73.2 Å². The lowest BCUT2D eigenvalue weighted by Crippen LogP contribution is -2.35. The summed E-state index contributed by atoms with van der Waals surface area (Å²) in [5.74, 6) is -2.17. The molecule has 1 heterocycles. The SMILES string of the molecule is O=C(CN1C(=O)c2cccc([N+](=O)[O-])c2C1=O)c1ccc(Cl)c(Cl)c1. The van der Waals surface area contributed by atoms with Gasteiger partial charge in [0.25, 0.3) is 17.5 Å². The van der Waals surface area contributed by atoms with Gasteiger partial charge in [-0.1, -0.05) is 29.3 Å². The van der Waals surface area contributed by atoms with Crippen LogP contribution in [0.3, 0.4) is 0 Å². The number of rotatable bonds is 4. The molecule has 9 heteroatoms. The average molecular weight is 379 g/mol. The number of imide groups is 1. The van der Waals surface area contributed by atoms with Gasteiger partial charge in [0.15, 0.2) is 5.78 Å². The second-order valence-corrected chi connectivity index (χ2v) is 6.02. The molecule has 0 saturated carbocycles. The highest BCUT2D eigenvalue weighted by Gasteiger charge is 2.41. The molecule has 0 radical (unpaired) electrons. The van der Waals surface area contributed by atoms with E-state index in [0.29, 0.717) is 4.90 Å². The van der Waals surface area contributed by atoms with Crippen LogP contribution in [0.4, 0.5) is 5.69 Å². The second kappa shape index (κ2) is 6.27. The number of hydrogen-bond donors (Lipinski definition) is 0. The predicted octanol–water partition coefficient (Wildman–Crippen LogP) is 3.38. The lowest BCUT2D eigenvalue weighted by molar-refractivity contribution is -0.385. The van der Waals surface area contributed by atoms with Gasteiger partial charge in [-0.15, -0.1) is 0 Å². The summed E-state index contributed by atoms with van der Waals surface area (Å²) in [5, 5.41) is 11.5.